The van der Waals surface area contributed by atoms with E-state index in [-0.39, 0.29) is 5.75 Å². The van der Waals surface area contributed by atoms with Crippen molar-refractivity contribution in [1.29, 1.82) is 0 Å². The van der Waals surface area contributed by atoms with E-state index in [2.05, 4.69) is 4.98 Å². The van der Waals surface area contributed by atoms with Crippen molar-refractivity contribution in [2.24, 2.45) is 5.14 Å². The molecule has 0 saturated carbocycles. The number of nitrogens with zero attached hydrogens (tertiary/aromatic N) is 1. The number of hydrogen-bond donors (Lipinski definition) is 1. The Hall–Kier alpha value is -1.96. The van der Waals surface area contributed by atoms with Gasteiger partial charge >= 0.3 is 0 Å². The standard InChI is InChI=1S/C15H14N2O3S2/c1-20-12-7-5-10(6-8-12)15-17-13-4-2-3-11(14(13)21-15)9-22(16,18)19/h2-8H,9H2,1H3,(H2,16,18,19). The molecule has 0 saturated heterocycles. The van der Waals surface area contributed by atoms with Crippen LogP contribution < -0.4 is 9.88 Å². The summed E-state index contributed by atoms with van der Waals surface area (Å²) in [6, 6.07) is 13.0. The molecule has 0 spiro atoms. The second-order valence-corrected chi connectivity index (χ2v) is 7.43. The van der Waals surface area contributed by atoms with Crippen LogP contribution in [0.3, 0.4) is 0 Å². The average Bonchev–Trinajstić information content (AvgIpc) is 2.91. The van der Waals surface area contributed by atoms with Crippen LogP contribution in [0.5, 0.6) is 5.75 Å². The molecule has 0 aliphatic heterocycles. The van der Waals surface area contributed by atoms with Crippen molar-refractivity contribution < 1.29 is 13.2 Å². The van der Waals surface area contributed by atoms with E-state index in [4.69, 9.17) is 9.88 Å². The van der Waals surface area contributed by atoms with Gasteiger partial charge in [0.05, 0.1) is 23.1 Å². The molecule has 0 fully saturated rings. The number of rotatable bonds is 4. The Balaban J connectivity index is 2.07. The normalized spacial score (nSPS) is 11.7. The molecular weight excluding hydrogens is 320 g/mol. The maximum atomic E-state index is 11.3. The summed E-state index contributed by atoms with van der Waals surface area (Å²) in [6.45, 7) is 0. The number of fused-ring (bicyclic) bond motifs is 1. The first-order valence-electron chi connectivity index (χ1n) is 6.49. The molecule has 3 rings (SSSR count). The quantitative estimate of drug-likeness (QED) is 0.795. The Morgan fingerprint density at radius 1 is 1.18 bits per heavy atom. The van der Waals surface area contributed by atoms with Gasteiger partial charge in [0.25, 0.3) is 0 Å². The summed E-state index contributed by atoms with van der Waals surface area (Å²) < 4.78 is 28.7. The van der Waals surface area contributed by atoms with Crippen LogP contribution in [0.4, 0.5) is 0 Å². The molecule has 7 heteroatoms. The molecule has 0 aliphatic rings. The molecule has 3 aromatic rings. The second kappa shape index (κ2) is 5.68. The van der Waals surface area contributed by atoms with E-state index in [0.29, 0.717) is 5.56 Å². The smallest absolute Gasteiger partial charge is 0.213 e. The third kappa shape index (κ3) is 3.11. The summed E-state index contributed by atoms with van der Waals surface area (Å²) in [5, 5.41) is 5.98. The molecule has 1 aromatic heterocycles. The summed E-state index contributed by atoms with van der Waals surface area (Å²) in [6.07, 6.45) is 0. The van der Waals surface area contributed by atoms with E-state index in [1.165, 1.54) is 11.3 Å². The van der Waals surface area contributed by atoms with Crippen molar-refractivity contribution in [1.82, 2.24) is 4.98 Å². The van der Waals surface area contributed by atoms with Crippen molar-refractivity contribution in [3.63, 3.8) is 0 Å². The third-order valence-corrected chi connectivity index (χ3v) is 5.10. The molecular formula is C15H14N2O3S2. The summed E-state index contributed by atoms with van der Waals surface area (Å²) in [5.74, 6) is 0.592. The molecule has 114 valence electrons. The molecule has 2 N–H and O–H groups in total. The lowest BCUT2D eigenvalue weighted by Gasteiger charge is -2.00. The monoisotopic (exact) mass is 334 g/mol. The maximum Gasteiger partial charge on any atom is 0.213 e. The molecule has 1 heterocycles. The SMILES string of the molecule is COc1ccc(-c2nc3cccc(CS(N)(=O)=O)c3s2)cc1. The highest BCUT2D eigenvalue weighted by Gasteiger charge is 2.13. The minimum Gasteiger partial charge on any atom is -0.497 e. The lowest BCUT2D eigenvalue weighted by atomic mass is 10.2. The minimum absolute atomic E-state index is 0.186. The van der Waals surface area contributed by atoms with Gasteiger partial charge in [-0.15, -0.1) is 11.3 Å². The first-order chi connectivity index (χ1) is 10.5. The molecule has 0 aliphatic carbocycles. The van der Waals surface area contributed by atoms with Gasteiger partial charge in [-0.1, -0.05) is 12.1 Å². The predicted molar refractivity (Wildman–Crippen MR) is 88.4 cm³/mol. The van der Waals surface area contributed by atoms with E-state index in [1.54, 1.807) is 19.2 Å². The zero-order chi connectivity index (χ0) is 15.7. The Morgan fingerprint density at radius 3 is 2.55 bits per heavy atom. The van der Waals surface area contributed by atoms with Crippen LogP contribution >= 0.6 is 11.3 Å². The van der Waals surface area contributed by atoms with Crippen LogP contribution in [-0.2, 0) is 15.8 Å². The maximum absolute atomic E-state index is 11.3. The molecule has 0 amide bonds. The van der Waals surface area contributed by atoms with Gasteiger partial charge in [0.1, 0.15) is 10.8 Å². The number of ether oxygens (including phenoxy) is 1. The van der Waals surface area contributed by atoms with Crippen LogP contribution in [-0.4, -0.2) is 20.5 Å². The van der Waals surface area contributed by atoms with Crippen molar-refractivity contribution in [2.45, 2.75) is 5.75 Å². The minimum atomic E-state index is -3.57. The zero-order valence-electron chi connectivity index (χ0n) is 11.8. The first-order valence-corrected chi connectivity index (χ1v) is 9.03. The molecule has 2 aromatic carbocycles. The topological polar surface area (TPSA) is 82.3 Å². The molecule has 0 radical (unpaired) electrons. The summed E-state index contributed by atoms with van der Waals surface area (Å²) in [5.41, 5.74) is 2.41. The van der Waals surface area contributed by atoms with Gasteiger partial charge in [-0.2, -0.15) is 0 Å². The van der Waals surface area contributed by atoms with Crippen LogP contribution in [0.25, 0.3) is 20.8 Å². The number of hydrogen-bond acceptors (Lipinski definition) is 5. The zero-order valence-corrected chi connectivity index (χ0v) is 13.4. The fourth-order valence-electron chi connectivity index (χ4n) is 2.19. The van der Waals surface area contributed by atoms with E-state index >= 15 is 0 Å². The predicted octanol–water partition coefficient (Wildman–Crippen LogP) is 2.76. The Labute approximate surface area is 132 Å². The van der Waals surface area contributed by atoms with Gasteiger partial charge in [-0.25, -0.2) is 18.5 Å². The number of nitrogens with two attached hydrogens (primary N) is 1. The van der Waals surface area contributed by atoms with Crippen LogP contribution in [0.15, 0.2) is 42.5 Å². The van der Waals surface area contributed by atoms with Gasteiger partial charge < -0.3 is 4.74 Å². The van der Waals surface area contributed by atoms with Gasteiger partial charge in [0.15, 0.2) is 0 Å². The van der Waals surface area contributed by atoms with E-state index in [9.17, 15) is 8.42 Å². The highest BCUT2D eigenvalue weighted by Crippen LogP contribution is 2.33. The van der Waals surface area contributed by atoms with Gasteiger partial charge in [-0.05, 0) is 35.9 Å². The largest absolute Gasteiger partial charge is 0.497 e. The van der Waals surface area contributed by atoms with Crippen molar-refractivity contribution in [3.05, 3.63) is 48.0 Å². The lowest BCUT2D eigenvalue weighted by Crippen LogP contribution is -2.14. The Kier molecular flexibility index (Phi) is 3.86. The summed E-state index contributed by atoms with van der Waals surface area (Å²) in [4.78, 5) is 4.57. The van der Waals surface area contributed by atoms with Crippen LogP contribution in [0.1, 0.15) is 5.56 Å². The van der Waals surface area contributed by atoms with Gasteiger partial charge in [-0.3, -0.25) is 0 Å². The highest BCUT2D eigenvalue weighted by atomic mass is 32.2. The highest BCUT2D eigenvalue weighted by molar-refractivity contribution is 7.88. The number of benzene rings is 2. The molecule has 0 atom stereocenters. The van der Waals surface area contributed by atoms with E-state index < -0.39 is 10.0 Å². The number of sulfonamides is 1. The molecule has 0 unspecified atom stereocenters. The summed E-state index contributed by atoms with van der Waals surface area (Å²) >= 11 is 1.46. The van der Waals surface area contributed by atoms with E-state index in [1.807, 2.05) is 30.3 Å². The fraction of sp³-hybridized carbons (Fsp3) is 0.133. The second-order valence-electron chi connectivity index (χ2n) is 4.82. The number of thiazole rings is 1. The average molecular weight is 334 g/mol. The molecule has 5 nitrogen and oxygen atoms in total. The van der Waals surface area contributed by atoms with E-state index in [0.717, 1.165) is 26.5 Å². The molecule has 0 bridgehead atoms. The summed E-state index contributed by atoms with van der Waals surface area (Å²) in [7, 11) is -1.95. The fourth-order valence-corrected chi connectivity index (χ4v) is 4.04. The first kappa shape index (κ1) is 15.0. The Morgan fingerprint density at radius 2 is 1.91 bits per heavy atom. The number of primary sulfonamides is 1. The van der Waals surface area contributed by atoms with Crippen LogP contribution in [0, 0.1) is 0 Å². The van der Waals surface area contributed by atoms with Crippen molar-refractivity contribution in [3.8, 4) is 16.3 Å². The number of aromatic nitrogens is 1. The van der Waals surface area contributed by atoms with Crippen LogP contribution in [0.2, 0.25) is 0 Å². The Bertz CT molecular complexity index is 916. The van der Waals surface area contributed by atoms with Crippen molar-refractivity contribution in [2.75, 3.05) is 7.11 Å². The van der Waals surface area contributed by atoms with Gasteiger partial charge in [0.2, 0.25) is 10.0 Å². The number of methoxy groups -OCH3 is 1. The lowest BCUT2D eigenvalue weighted by molar-refractivity contribution is 0.415. The third-order valence-electron chi connectivity index (χ3n) is 3.19. The van der Waals surface area contributed by atoms with Gasteiger partial charge in [0, 0.05) is 5.56 Å². The molecule has 22 heavy (non-hydrogen) atoms. The van der Waals surface area contributed by atoms with Crippen molar-refractivity contribution >= 4 is 31.6 Å².